The molecule has 0 saturated carbocycles. The summed E-state index contributed by atoms with van der Waals surface area (Å²) in [6.45, 7) is 4.95. The van der Waals surface area contributed by atoms with E-state index in [-0.39, 0.29) is 0 Å². The molecule has 1 unspecified atom stereocenters. The van der Waals surface area contributed by atoms with Gasteiger partial charge in [-0.3, -0.25) is 0 Å². The van der Waals surface area contributed by atoms with Crippen LogP contribution in [0.15, 0.2) is 16.7 Å². The molecule has 4 heteroatoms. The fourth-order valence-electron chi connectivity index (χ4n) is 1.37. The van der Waals surface area contributed by atoms with Crippen molar-refractivity contribution in [2.75, 3.05) is 11.9 Å². The van der Waals surface area contributed by atoms with Crippen molar-refractivity contribution in [1.29, 1.82) is 0 Å². The number of nitrogens with two attached hydrogens (primary N) is 1. The summed E-state index contributed by atoms with van der Waals surface area (Å²) in [5.74, 6) is 0.931. The largest absolute Gasteiger partial charge is 0.368 e. The Labute approximate surface area is 99.6 Å². The standard InChI is InChI=1S/C11H18BrN3/c1-8-6-11(14-7-10(8)12)15-9(2)4-3-5-13/h6-7,9H,3-5,13H2,1-2H3,(H,14,15). The van der Waals surface area contributed by atoms with Crippen LogP contribution in [0.1, 0.15) is 25.3 Å². The van der Waals surface area contributed by atoms with Gasteiger partial charge in [0.25, 0.3) is 0 Å². The maximum atomic E-state index is 5.46. The van der Waals surface area contributed by atoms with E-state index >= 15 is 0 Å². The van der Waals surface area contributed by atoms with Gasteiger partial charge in [-0.1, -0.05) is 0 Å². The Kier molecular flexibility index (Phi) is 5.05. The van der Waals surface area contributed by atoms with Crippen LogP contribution in [-0.2, 0) is 0 Å². The Hall–Kier alpha value is -0.610. The average molecular weight is 272 g/mol. The van der Waals surface area contributed by atoms with Crippen LogP contribution < -0.4 is 11.1 Å². The molecule has 1 aromatic rings. The van der Waals surface area contributed by atoms with Gasteiger partial charge in [0.15, 0.2) is 0 Å². The second-order valence-corrected chi connectivity index (χ2v) is 4.65. The van der Waals surface area contributed by atoms with E-state index in [1.807, 2.05) is 12.3 Å². The van der Waals surface area contributed by atoms with E-state index < -0.39 is 0 Å². The lowest BCUT2D eigenvalue weighted by Gasteiger charge is -2.14. The van der Waals surface area contributed by atoms with Gasteiger partial charge in [0.05, 0.1) is 0 Å². The molecular formula is C11H18BrN3. The minimum absolute atomic E-state index is 0.418. The number of halogens is 1. The van der Waals surface area contributed by atoms with E-state index in [2.05, 4.69) is 40.1 Å². The van der Waals surface area contributed by atoms with Gasteiger partial charge < -0.3 is 11.1 Å². The highest BCUT2D eigenvalue weighted by atomic mass is 79.9. The first-order valence-corrected chi connectivity index (χ1v) is 6.01. The SMILES string of the molecule is Cc1cc(NC(C)CCCN)ncc1Br. The summed E-state index contributed by atoms with van der Waals surface area (Å²) in [4.78, 5) is 4.30. The van der Waals surface area contributed by atoms with Crippen LogP contribution in [0.3, 0.4) is 0 Å². The van der Waals surface area contributed by atoms with Gasteiger partial charge >= 0.3 is 0 Å². The average Bonchev–Trinajstić information content (AvgIpc) is 2.20. The molecule has 0 fully saturated rings. The van der Waals surface area contributed by atoms with Crippen molar-refractivity contribution in [1.82, 2.24) is 4.98 Å². The fraction of sp³-hybridized carbons (Fsp3) is 0.545. The molecule has 0 aliphatic heterocycles. The number of aryl methyl sites for hydroxylation is 1. The predicted molar refractivity (Wildman–Crippen MR) is 68.0 cm³/mol. The Balaban J connectivity index is 2.53. The summed E-state index contributed by atoms with van der Waals surface area (Å²) in [5, 5.41) is 3.36. The number of nitrogens with zero attached hydrogens (tertiary/aromatic N) is 1. The molecule has 0 bridgehead atoms. The van der Waals surface area contributed by atoms with Crippen molar-refractivity contribution >= 4 is 21.7 Å². The third-order valence-corrected chi connectivity index (χ3v) is 3.11. The molecule has 15 heavy (non-hydrogen) atoms. The van der Waals surface area contributed by atoms with Crippen molar-refractivity contribution < 1.29 is 0 Å². The fourth-order valence-corrected chi connectivity index (χ4v) is 1.58. The third-order valence-electron chi connectivity index (χ3n) is 2.28. The van der Waals surface area contributed by atoms with Gasteiger partial charge in [0.1, 0.15) is 5.82 Å². The van der Waals surface area contributed by atoms with Crippen LogP contribution >= 0.6 is 15.9 Å². The molecule has 3 nitrogen and oxygen atoms in total. The summed E-state index contributed by atoms with van der Waals surface area (Å²) in [6.07, 6.45) is 3.95. The van der Waals surface area contributed by atoms with Crippen LogP contribution in [0.25, 0.3) is 0 Å². The summed E-state index contributed by atoms with van der Waals surface area (Å²) >= 11 is 3.43. The molecule has 0 spiro atoms. The lowest BCUT2D eigenvalue weighted by molar-refractivity contribution is 0.661. The second-order valence-electron chi connectivity index (χ2n) is 3.80. The van der Waals surface area contributed by atoms with Crippen LogP contribution in [0.4, 0.5) is 5.82 Å². The zero-order valence-electron chi connectivity index (χ0n) is 9.26. The Morgan fingerprint density at radius 1 is 1.60 bits per heavy atom. The molecule has 1 rings (SSSR count). The van der Waals surface area contributed by atoms with E-state index in [1.54, 1.807) is 0 Å². The molecular weight excluding hydrogens is 254 g/mol. The van der Waals surface area contributed by atoms with Gasteiger partial charge in [-0.05, 0) is 60.8 Å². The van der Waals surface area contributed by atoms with Gasteiger partial charge in [-0.25, -0.2) is 4.98 Å². The van der Waals surface area contributed by atoms with Crippen LogP contribution in [0, 0.1) is 6.92 Å². The molecule has 0 aliphatic carbocycles. The molecule has 0 aliphatic rings. The first kappa shape index (κ1) is 12.5. The Morgan fingerprint density at radius 3 is 2.93 bits per heavy atom. The first-order valence-electron chi connectivity index (χ1n) is 5.22. The molecule has 1 heterocycles. The number of hydrogen-bond donors (Lipinski definition) is 2. The topological polar surface area (TPSA) is 50.9 Å². The maximum Gasteiger partial charge on any atom is 0.126 e. The van der Waals surface area contributed by atoms with Crippen LogP contribution in [0.5, 0.6) is 0 Å². The van der Waals surface area contributed by atoms with Gasteiger partial charge in [0.2, 0.25) is 0 Å². The summed E-state index contributed by atoms with van der Waals surface area (Å²) in [5.41, 5.74) is 6.66. The van der Waals surface area contributed by atoms with Gasteiger partial charge in [-0.2, -0.15) is 0 Å². The second kappa shape index (κ2) is 6.08. The summed E-state index contributed by atoms with van der Waals surface area (Å²) in [6, 6.07) is 2.46. The van der Waals surface area contributed by atoms with Crippen LogP contribution in [-0.4, -0.2) is 17.6 Å². The van der Waals surface area contributed by atoms with Crippen molar-refractivity contribution in [2.45, 2.75) is 32.7 Å². The molecule has 0 radical (unpaired) electrons. The van der Waals surface area contributed by atoms with E-state index in [1.165, 1.54) is 5.56 Å². The lowest BCUT2D eigenvalue weighted by Crippen LogP contribution is -2.17. The number of hydrogen-bond acceptors (Lipinski definition) is 3. The minimum atomic E-state index is 0.418. The van der Waals surface area contributed by atoms with Crippen LogP contribution in [0.2, 0.25) is 0 Å². The van der Waals surface area contributed by atoms with Crippen molar-refractivity contribution in [3.8, 4) is 0 Å². The summed E-state index contributed by atoms with van der Waals surface area (Å²) in [7, 11) is 0. The summed E-state index contributed by atoms with van der Waals surface area (Å²) < 4.78 is 1.04. The smallest absolute Gasteiger partial charge is 0.126 e. The molecule has 3 N–H and O–H groups in total. The highest BCUT2D eigenvalue weighted by molar-refractivity contribution is 9.10. The monoisotopic (exact) mass is 271 g/mol. The van der Waals surface area contributed by atoms with Gasteiger partial charge in [-0.15, -0.1) is 0 Å². The van der Waals surface area contributed by atoms with E-state index in [4.69, 9.17) is 5.73 Å². The number of nitrogens with one attached hydrogen (secondary N) is 1. The number of anilines is 1. The Bertz CT molecular complexity index is 315. The highest BCUT2D eigenvalue weighted by Gasteiger charge is 2.03. The molecule has 84 valence electrons. The van der Waals surface area contributed by atoms with Gasteiger partial charge in [0, 0.05) is 16.7 Å². The zero-order valence-corrected chi connectivity index (χ0v) is 10.8. The van der Waals surface area contributed by atoms with E-state index in [0.29, 0.717) is 6.04 Å². The number of aromatic nitrogens is 1. The normalized spacial score (nSPS) is 12.5. The van der Waals surface area contributed by atoms with E-state index in [0.717, 1.165) is 29.7 Å². The van der Waals surface area contributed by atoms with Crippen molar-refractivity contribution in [2.24, 2.45) is 5.73 Å². The highest BCUT2D eigenvalue weighted by Crippen LogP contribution is 2.18. The van der Waals surface area contributed by atoms with E-state index in [9.17, 15) is 0 Å². The molecule has 1 atom stereocenters. The molecule has 0 amide bonds. The molecule has 0 saturated heterocycles. The number of rotatable bonds is 5. The lowest BCUT2D eigenvalue weighted by atomic mass is 10.2. The maximum absolute atomic E-state index is 5.46. The third kappa shape index (κ3) is 4.18. The number of pyridine rings is 1. The van der Waals surface area contributed by atoms with Crippen molar-refractivity contribution in [3.05, 3.63) is 22.3 Å². The molecule has 0 aromatic carbocycles. The minimum Gasteiger partial charge on any atom is -0.368 e. The Morgan fingerprint density at radius 2 is 2.33 bits per heavy atom. The zero-order chi connectivity index (χ0) is 11.3. The van der Waals surface area contributed by atoms with Crippen molar-refractivity contribution in [3.63, 3.8) is 0 Å². The molecule has 1 aromatic heterocycles. The predicted octanol–water partition coefficient (Wildman–Crippen LogP) is 2.69. The first-order chi connectivity index (χ1) is 7.13. The quantitative estimate of drug-likeness (QED) is 0.866.